The summed E-state index contributed by atoms with van der Waals surface area (Å²) in [5.41, 5.74) is 3.40. The van der Waals surface area contributed by atoms with Gasteiger partial charge < -0.3 is 5.32 Å². The summed E-state index contributed by atoms with van der Waals surface area (Å²) in [5, 5.41) is 12.2. The highest BCUT2D eigenvalue weighted by Gasteiger charge is 2.21. The minimum absolute atomic E-state index is 0.0365. The van der Waals surface area contributed by atoms with E-state index in [1.54, 1.807) is 0 Å². The van der Waals surface area contributed by atoms with Crippen LogP contribution in [0, 0.1) is 0 Å². The third-order valence-corrected chi connectivity index (χ3v) is 5.26. The molecule has 122 valence electrons. The van der Waals surface area contributed by atoms with Gasteiger partial charge in [0.1, 0.15) is 0 Å². The van der Waals surface area contributed by atoms with E-state index in [4.69, 9.17) is 0 Å². The van der Waals surface area contributed by atoms with Crippen LogP contribution < -0.4 is 5.32 Å². The lowest BCUT2D eigenvalue weighted by molar-refractivity contribution is -0.119. The van der Waals surface area contributed by atoms with Crippen molar-refractivity contribution >= 4 is 23.3 Å². The number of nitrogens with zero attached hydrogens (tertiary/aromatic N) is 3. The third-order valence-electron chi connectivity index (χ3n) is 4.32. The number of nitrogens with one attached hydrogen (secondary N) is 1. The Morgan fingerprint density at radius 2 is 2.08 bits per heavy atom. The second kappa shape index (κ2) is 6.65. The Morgan fingerprint density at radius 1 is 1.21 bits per heavy atom. The maximum Gasteiger partial charge on any atom is 0.230 e. The van der Waals surface area contributed by atoms with Crippen LogP contribution in [0.2, 0.25) is 0 Å². The summed E-state index contributed by atoms with van der Waals surface area (Å²) in [4.78, 5) is 12.4. The molecule has 0 spiro atoms. The summed E-state index contributed by atoms with van der Waals surface area (Å²) >= 11 is 1.41. The lowest BCUT2D eigenvalue weighted by Crippen LogP contribution is -2.32. The maximum atomic E-state index is 12.4. The fraction of sp³-hybridized carbons (Fsp3) is 0.278. The van der Waals surface area contributed by atoms with Crippen molar-refractivity contribution in [3.8, 4) is 0 Å². The number of thioether (sulfide) groups is 1. The van der Waals surface area contributed by atoms with Gasteiger partial charge in [-0.3, -0.25) is 9.20 Å². The van der Waals surface area contributed by atoms with Crippen LogP contribution in [-0.2, 0) is 11.2 Å². The molecule has 0 saturated heterocycles. The van der Waals surface area contributed by atoms with Gasteiger partial charge in [0, 0.05) is 6.20 Å². The number of pyridine rings is 1. The molecule has 1 amide bonds. The first kappa shape index (κ1) is 15.2. The van der Waals surface area contributed by atoms with Crippen LogP contribution in [0.15, 0.2) is 53.8 Å². The van der Waals surface area contributed by atoms with Crippen molar-refractivity contribution in [1.82, 2.24) is 19.9 Å². The van der Waals surface area contributed by atoms with Crippen LogP contribution in [0.25, 0.3) is 5.65 Å². The summed E-state index contributed by atoms with van der Waals surface area (Å²) in [6.07, 6.45) is 5.13. The molecular weight excluding hydrogens is 320 g/mol. The van der Waals surface area contributed by atoms with Crippen molar-refractivity contribution in [2.24, 2.45) is 0 Å². The molecule has 3 aromatic rings. The van der Waals surface area contributed by atoms with Crippen LogP contribution >= 0.6 is 11.8 Å². The molecule has 1 N–H and O–H groups in total. The molecule has 1 atom stereocenters. The van der Waals surface area contributed by atoms with Crippen molar-refractivity contribution in [3.63, 3.8) is 0 Å². The number of rotatable bonds is 4. The van der Waals surface area contributed by atoms with Gasteiger partial charge >= 0.3 is 0 Å². The zero-order valence-corrected chi connectivity index (χ0v) is 14.0. The molecule has 6 heteroatoms. The Labute approximate surface area is 144 Å². The molecule has 4 rings (SSSR count). The molecule has 0 aliphatic heterocycles. The normalized spacial score (nSPS) is 16.8. The van der Waals surface area contributed by atoms with E-state index in [9.17, 15) is 4.79 Å². The van der Waals surface area contributed by atoms with E-state index in [1.165, 1.54) is 22.9 Å². The minimum atomic E-state index is 0.0365. The molecule has 0 unspecified atom stereocenters. The zero-order chi connectivity index (χ0) is 16.4. The fourth-order valence-corrected chi connectivity index (χ4v) is 3.92. The van der Waals surface area contributed by atoms with Crippen LogP contribution in [0.4, 0.5) is 0 Å². The van der Waals surface area contributed by atoms with Gasteiger partial charge in [-0.1, -0.05) is 42.1 Å². The van der Waals surface area contributed by atoms with Gasteiger partial charge in [0.15, 0.2) is 10.8 Å². The standard InChI is InChI=1S/C18H18N4OS/c23-17(12-24-18-21-20-16-10-3-4-11-22(16)18)19-15-9-5-7-13-6-1-2-8-14(13)15/h1-4,6,8,10-11,15H,5,7,9,12H2,(H,19,23)/t15-/m1/s1. The molecule has 24 heavy (non-hydrogen) atoms. The molecule has 1 aliphatic rings. The lowest BCUT2D eigenvalue weighted by Gasteiger charge is -2.26. The van der Waals surface area contributed by atoms with E-state index in [1.807, 2.05) is 34.9 Å². The van der Waals surface area contributed by atoms with Crippen LogP contribution in [0.1, 0.15) is 30.0 Å². The Morgan fingerprint density at radius 3 is 3.04 bits per heavy atom. The Balaban J connectivity index is 1.41. The van der Waals surface area contributed by atoms with Crippen molar-refractivity contribution < 1.29 is 4.79 Å². The second-order valence-corrected chi connectivity index (χ2v) is 6.85. The number of aromatic nitrogens is 3. The average Bonchev–Trinajstić information content (AvgIpc) is 3.04. The first-order chi connectivity index (χ1) is 11.8. The van der Waals surface area contributed by atoms with Gasteiger partial charge in [0.25, 0.3) is 0 Å². The van der Waals surface area contributed by atoms with E-state index >= 15 is 0 Å². The highest BCUT2D eigenvalue weighted by molar-refractivity contribution is 7.99. The summed E-state index contributed by atoms with van der Waals surface area (Å²) in [6, 6.07) is 14.3. The van der Waals surface area contributed by atoms with E-state index in [2.05, 4.69) is 33.7 Å². The quantitative estimate of drug-likeness (QED) is 0.743. The molecular formula is C18H18N4OS. The monoisotopic (exact) mass is 338 g/mol. The molecule has 1 aromatic carbocycles. The van der Waals surface area contributed by atoms with Gasteiger partial charge in [0.05, 0.1) is 11.8 Å². The van der Waals surface area contributed by atoms with Crippen LogP contribution in [-0.4, -0.2) is 26.3 Å². The fourth-order valence-electron chi connectivity index (χ4n) is 3.19. The largest absolute Gasteiger partial charge is 0.349 e. The highest BCUT2D eigenvalue weighted by Crippen LogP contribution is 2.29. The van der Waals surface area contributed by atoms with Crippen molar-refractivity contribution in [2.45, 2.75) is 30.5 Å². The van der Waals surface area contributed by atoms with Crippen molar-refractivity contribution in [3.05, 3.63) is 59.8 Å². The SMILES string of the molecule is O=C(CSc1nnc2ccccn12)N[C@@H]1CCCc2ccccc21. The first-order valence-electron chi connectivity index (χ1n) is 8.11. The predicted molar refractivity (Wildman–Crippen MR) is 94.0 cm³/mol. The number of carbonyl (C=O) groups excluding carboxylic acids is 1. The maximum absolute atomic E-state index is 12.4. The molecule has 1 aliphatic carbocycles. The third kappa shape index (κ3) is 3.01. The number of benzene rings is 1. The number of amides is 1. The molecule has 2 aromatic heterocycles. The number of hydrogen-bond donors (Lipinski definition) is 1. The van der Waals surface area contributed by atoms with Gasteiger partial charge in [-0.15, -0.1) is 10.2 Å². The predicted octanol–water partition coefficient (Wildman–Crippen LogP) is 3.02. The van der Waals surface area contributed by atoms with Crippen molar-refractivity contribution in [2.75, 3.05) is 5.75 Å². The molecule has 5 nitrogen and oxygen atoms in total. The zero-order valence-electron chi connectivity index (χ0n) is 13.2. The summed E-state index contributed by atoms with van der Waals surface area (Å²) in [5.74, 6) is 0.378. The minimum Gasteiger partial charge on any atom is -0.349 e. The molecule has 2 heterocycles. The average molecular weight is 338 g/mol. The number of fused-ring (bicyclic) bond motifs is 2. The van der Waals surface area contributed by atoms with E-state index < -0.39 is 0 Å². The van der Waals surface area contributed by atoms with Crippen molar-refractivity contribution in [1.29, 1.82) is 0 Å². The highest BCUT2D eigenvalue weighted by atomic mass is 32.2. The van der Waals surface area contributed by atoms with Gasteiger partial charge in [0.2, 0.25) is 5.91 Å². The second-order valence-electron chi connectivity index (χ2n) is 5.91. The van der Waals surface area contributed by atoms with Crippen LogP contribution in [0.3, 0.4) is 0 Å². The molecule has 0 saturated carbocycles. The summed E-state index contributed by atoms with van der Waals surface area (Å²) in [7, 11) is 0. The van der Waals surface area contributed by atoms with E-state index in [-0.39, 0.29) is 11.9 Å². The number of hydrogen-bond acceptors (Lipinski definition) is 4. The molecule has 0 fully saturated rings. The smallest absolute Gasteiger partial charge is 0.230 e. The topological polar surface area (TPSA) is 59.3 Å². The Bertz CT molecular complexity index is 876. The Kier molecular flexibility index (Phi) is 4.21. The number of carbonyl (C=O) groups is 1. The van der Waals surface area contributed by atoms with Gasteiger partial charge in [-0.05, 0) is 42.5 Å². The molecule has 0 bridgehead atoms. The summed E-state index contributed by atoms with van der Waals surface area (Å²) < 4.78 is 1.90. The number of aryl methyl sites for hydroxylation is 1. The summed E-state index contributed by atoms with van der Waals surface area (Å²) in [6.45, 7) is 0. The lowest BCUT2D eigenvalue weighted by atomic mass is 9.88. The molecule has 0 radical (unpaired) electrons. The van der Waals surface area contributed by atoms with Gasteiger partial charge in [-0.2, -0.15) is 0 Å². The van der Waals surface area contributed by atoms with E-state index in [0.29, 0.717) is 5.75 Å². The van der Waals surface area contributed by atoms with Gasteiger partial charge in [-0.25, -0.2) is 0 Å². The van der Waals surface area contributed by atoms with E-state index in [0.717, 1.165) is 30.1 Å². The Hall–Kier alpha value is -2.34. The van der Waals surface area contributed by atoms with Crippen LogP contribution in [0.5, 0.6) is 0 Å². The first-order valence-corrected chi connectivity index (χ1v) is 9.09.